The number of nitrogens with zero attached hydrogens (tertiary/aromatic N) is 4. The molecule has 12 heteroatoms. The van der Waals surface area contributed by atoms with E-state index in [4.69, 9.17) is 9.47 Å². The number of nitrogens with one attached hydrogen (secondary N) is 2. The summed E-state index contributed by atoms with van der Waals surface area (Å²) in [6, 6.07) is 10.7. The Kier molecular flexibility index (Phi) is 4.98. The zero-order valence-electron chi connectivity index (χ0n) is 17.0. The van der Waals surface area contributed by atoms with Crippen LogP contribution in [0.25, 0.3) is 22.6 Å². The van der Waals surface area contributed by atoms with Gasteiger partial charge in [0, 0.05) is 30.8 Å². The second-order valence-corrected chi connectivity index (χ2v) is 8.92. The SMILES string of the molecule is CS(=O)(=O)c1ccc(Oc2cc3[nH]c(-c4cc[nH]n4)nc3cc2Oc2cccnc2F)cn1. The van der Waals surface area contributed by atoms with Crippen LogP contribution in [-0.4, -0.2) is 44.8 Å². The number of aromatic nitrogens is 6. The first kappa shape index (κ1) is 20.6. The summed E-state index contributed by atoms with van der Waals surface area (Å²) in [5, 5.41) is 6.74. The van der Waals surface area contributed by atoms with Gasteiger partial charge in [-0.25, -0.2) is 23.4 Å². The minimum Gasteiger partial charge on any atom is -0.452 e. The number of hydrogen-bond donors (Lipinski definition) is 2. The number of fused-ring (bicyclic) bond motifs is 1. The van der Waals surface area contributed by atoms with Crippen LogP contribution in [0.15, 0.2) is 66.1 Å². The van der Waals surface area contributed by atoms with Crippen molar-refractivity contribution in [1.29, 1.82) is 0 Å². The van der Waals surface area contributed by atoms with E-state index >= 15 is 0 Å². The molecule has 0 saturated heterocycles. The minimum atomic E-state index is -3.46. The lowest BCUT2D eigenvalue weighted by molar-refractivity contribution is 0.395. The quantitative estimate of drug-likeness (QED) is 0.360. The van der Waals surface area contributed by atoms with E-state index in [9.17, 15) is 12.8 Å². The predicted octanol–water partition coefficient (Wildman–Crippen LogP) is 3.87. The van der Waals surface area contributed by atoms with Crippen molar-refractivity contribution in [3.63, 3.8) is 0 Å². The zero-order valence-corrected chi connectivity index (χ0v) is 17.8. The highest BCUT2D eigenvalue weighted by atomic mass is 32.2. The molecule has 0 fully saturated rings. The van der Waals surface area contributed by atoms with Gasteiger partial charge in [0.05, 0.1) is 17.2 Å². The van der Waals surface area contributed by atoms with Crippen molar-refractivity contribution in [3.8, 4) is 34.5 Å². The molecule has 4 heterocycles. The Labute approximate surface area is 186 Å². The molecule has 0 bridgehead atoms. The number of H-pyrrole nitrogens is 2. The first-order valence-corrected chi connectivity index (χ1v) is 11.4. The summed E-state index contributed by atoms with van der Waals surface area (Å²) < 4.78 is 49.1. The number of rotatable bonds is 6. The van der Waals surface area contributed by atoms with Gasteiger partial charge in [0.25, 0.3) is 5.95 Å². The summed E-state index contributed by atoms with van der Waals surface area (Å²) >= 11 is 0. The van der Waals surface area contributed by atoms with Crippen molar-refractivity contribution in [3.05, 3.63) is 67.0 Å². The van der Waals surface area contributed by atoms with Crippen LogP contribution in [0.3, 0.4) is 0 Å². The summed E-state index contributed by atoms with van der Waals surface area (Å²) in [6.45, 7) is 0. The van der Waals surface area contributed by atoms with Gasteiger partial charge in [0.15, 0.2) is 37.9 Å². The second kappa shape index (κ2) is 7.98. The number of benzene rings is 1. The van der Waals surface area contributed by atoms with Crippen molar-refractivity contribution in [2.45, 2.75) is 5.03 Å². The molecule has 4 aromatic heterocycles. The molecule has 0 amide bonds. The Hall–Kier alpha value is -4.32. The third-order valence-corrected chi connectivity index (χ3v) is 5.55. The summed E-state index contributed by atoms with van der Waals surface area (Å²) in [7, 11) is -3.46. The zero-order chi connectivity index (χ0) is 23.0. The first-order chi connectivity index (χ1) is 15.9. The molecule has 0 aliphatic carbocycles. The van der Waals surface area contributed by atoms with Crippen LogP contribution in [-0.2, 0) is 9.84 Å². The standard InChI is InChI=1S/C21H15FN6O4S/c1-33(29,30)19-5-4-12(11-24-19)31-17-9-14-15(27-21(26-14)13-6-8-25-28-13)10-18(17)32-16-3-2-7-23-20(16)22/h2-11H,1H3,(H,25,28)(H,26,27). The highest BCUT2D eigenvalue weighted by Gasteiger charge is 2.17. The number of pyridine rings is 2. The molecule has 0 aliphatic rings. The van der Waals surface area contributed by atoms with Gasteiger partial charge in [0.2, 0.25) is 0 Å². The average Bonchev–Trinajstić information content (AvgIpc) is 3.45. The maximum atomic E-state index is 14.1. The van der Waals surface area contributed by atoms with Crippen LogP contribution in [0.1, 0.15) is 0 Å². The van der Waals surface area contributed by atoms with Gasteiger partial charge in [-0.05, 0) is 30.3 Å². The molecule has 0 aliphatic heterocycles. The minimum absolute atomic E-state index is 0.0866. The van der Waals surface area contributed by atoms with E-state index < -0.39 is 15.8 Å². The van der Waals surface area contributed by atoms with Gasteiger partial charge in [-0.2, -0.15) is 9.49 Å². The third-order valence-electron chi connectivity index (χ3n) is 4.55. The third kappa shape index (κ3) is 4.23. The molecular weight excluding hydrogens is 451 g/mol. The van der Waals surface area contributed by atoms with Crippen molar-refractivity contribution >= 4 is 20.9 Å². The maximum absolute atomic E-state index is 14.1. The molecule has 0 atom stereocenters. The number of halogens is 1. The molecule has 1 aromatic carbocycles. The predicted molar refractivity (Wildman–Crippen MR) is 115 cm³/mol. The lowest BCUT2D eigenvalue weighted by Crippen LogP contribution is -2.00. The number of ether oxygens (including phenoxy) is 2. The van der Waals surface area contributed by atoms with E-state index in [1.165, 1.54) is 36.7 Å². The maximum Gasteiger partial charge on any atom is 0.255 e. The van der Waals surface area contributed by atoms with Gasteiger partial charge in [-0.15, -0.1) is 0 Å². The van der Waals surface area contributed by atoms with Gasteiger partial charge in [-0.1, -0.05) is 0 Å². The van der Waals surface area contributed by atoms with Gasteiger partial charge in [-0.3, -0.25) is 5.10 Å². The lowest BCUT2D eigenvalue weighted by atomic mass is 10.2. The summed E-state index contributed by atoms with van der Waals surface area (Å²) in [6.07, 6.45) is 5.32. The van der Waals surface area contributed by atoms with E-state index in [0.717, 1.165) is 6.26 Å². The van der Waals surface area contributed by atoms with Gasteiger partial charge < -0.3 is 14.5 Å². The number of hydrogen-bond acceptors (Lipinski definition) is 8. The van der Waals surface area contributed by atoms with Crippen LogP contribution in [0.5, 0.6) is 23.0 Å². The second-order valence-electron chi connectivity index (χ2n) is 6.96. The van der Waals surface area contributed by atoms with E-state index in [-0.39, 0.29) is 28.0 Å². The molecule has 33 heavy (non-hydrogen) atoms. The van der Waals surface area contributed by atoms with Crippen LogP contribution < -0.4 is 9.47 Å². The van der Waals surface area contributed by atoms with E-state index in [1.54, 1.807) is 24.4 Å². The molecule has 0 saturated carbocycles. The molecule has 10 nitrogen and oxygen atoms in total. The molecular formula is C21H15FN6O4S. The summed E-state index contributed by atoms with van der Waals surface area (Å²) in [5.41, 5.74) is 1.75. The Balaban J connectivity index is 1.57. The molecule has 166 valence electrons. The molecule has 0 unspecified atom stereocenters. The van der Waals surface area contributed by atoms with E-state index in [0.29, 0.717) is 22.6 Å². The Morgan fingerprint density at radius 1 is 1.00 bits per heavy atom. The fraction of sp³-hybridized carbons (Fsp3) is 0.0476. The van der Waals surface area contributed by atoms with Crippen molar-refractivity contribution < 1.29 is 22.3 Å². The van der Waals surface area contributed by atoms with Crippen LogP contribution in [0, 0.1) is 5.95 Å². The molecule has 5 aromatic rings. The Bertz CT molecular complexity index is 1550. The average molecular weight is 466 g/mol. The van der Waals surface area contributed by atoms with Crippen molar-refractivity contribution in [2.75, 3.05) is 6.26 Å². The monoisotopic (exact) mass is 466 g/mol. The highest BCUT2D eigenvalue weighted by molar-refractivity contribution is 7.90. The highest BCUT2D eigenvalue weighted by Crippen LogP contribution is 2.38. The van der Waals surface area contributed by atoms with Crippen molar-refractivity contribution in [1.82, 2.24) is 30.1 Å². The fourth-order valence-electron chi connectivity index (χ4n) is 3.03. The number of sulfone groups is 1. The normalized spacial score (nSPS) is 11.6. The molecule has 2 N–H and O–H groups in total. The van der Waals surface area contributed by atoms with Gasteiger partial charge >= 0.3 is 0 Å². The molecule has 0 radical (unpaired) electrons. The fourth-order valence-corrected chi connectivity index (χ4v) is 3.59. The number of aromatic amines is 2. The summed E-state index contributed by atoms with van der Waals surface area (Å²) in [5.74, 6) is 0.266. The van der Waals surface area contributed by atoms with E-state index in [1.807, 2.05) is 0 Å². The summed E-state index contributed by atoms with van der Waals surface area (Å²) in [4.78, 5) is 15.2. The Morgan fingerprint density at radius 3 is 2.55 bits per heavy atom. The number of imidazole rings is 1. The molecule has 0 spiro atoms. The van der Waals surface area contributed by atoms with Crippen LogP contribution >= 0.6 is 0 Å². The topological polar surface area (TPSA) is 136 Å². The van der Waals surface area contributed by atoms with Crippen LogP contribution in [0.4, 0.5) is 4.39 Å². The van der Waals surface area contributed by atoms with Gasteiger partial charge in [0.1, 0.15) is 11.4 Å². The smallest absolute Gasteiger partial charge is 0.255 e. The van der Waals surface area contributed by atoms with E-state index in [2.05, 4.69) is 30.1 Å². The first-order valence-electron chi connectivity index (χ1n) is 9.53. The van der Waals surface area contributed by atoms with Crippen LogP contribution in [0.2, 0.25) is 0 Å². The largest absolute Gasteiger partial charge is 0.452 e. The Morgan fingerprint density at radius 2 is 1.85 bits per heavy atom. The lowest BCUT2D eigenvalue weighted by Gasteiger charge is -2.12. The molecule has 5 rings (SSSR count). The van der Waals surface area contributed by atoms with Crippen molar-refractivity contribution in [2.24, 2.45) is 0 Å².